The van der Waals surface area contributed by atoms with Gasteiger partial charge in [-0.15, -0.1) is 0 Å². The van der Waals surface area contributed by atoms with Crippen molar-refractivity contribution in [1.29, 1.82) is 0 Å². The van der Waals surface area contributed by atoms with Crippen LogP contribution in [0.15, 0.2) is 42.5 Å². The molecular formula is C28H37N3O6S. The van der Waals surface area contributed by atoms with Crippen molar-refractivity contribution in [3.63, 3.8) is 0 Å². The van der Waals surface area contributed by atoms with Crippen LogP contribution >= 0.6 is 0 Å². The minimum absolute atomic E-state index is 0.0517. The molecule has 2 amide bonds. The van der Waals surface area contributed by atoms with Crippen molar-refractivity contribution in [3.8, 4) is 11.5 Å². The highest BCUT2D eigenvalue weighted by Crippen LogP contribution is 2.36. The number of sulfonamides is 1. The molecule has 1 unspecified atom stereocenters. The number of carbonyl (C=O) groups excluding carboxylic acids is 2. The maximum atomic E-state index is 13.8. The van der Waals surface area contributed by atoms with Crippen LogP contribution in [0.5, 0.6) is 11.5 Å². The Morgan fingerprint density at radius 2 is 1.79 bits per heavy atom. The monoisotopic (exact) mass is 543 g/mol. The number of ether oxygens (including phenoxy) is 2. The average molecular weight is 544 g/mol. The van der Waals surface area contributed by atoms with Crippen molar-refractivity contribution in [3.05, 3.63) is 53.6 Å². The summed E-state index contributed by atoms with van der Waals surface area (Å²) in [5.74, 6) is 0.0501. The zero-order valence-electron chi connectivity index (χ0n) is 22.3. The third-order valence-electron chi connectivity index (χ3n) is 7.18. The maximum absolute atomic E-state index is 13.8. The van der Waals surface area contributed by atoms with Gasteiger partial charge in [-0.25, -0.2) is 8.42 Å². The molecule has 206 valence electrons. The summed E-state index contributed by atoms with van der Waals surface area (Å²) in [5, 5.41) is 3.11. The smallest absolute Gasteiger partial charge is 0.244 e. The fourth-order valence-electron chi connectivity index (χ4n) is 4.92. The van der Waals surface area contributed by atoms with Gasteiger partial charge in [0.25, 0.3) is 0 Å². The minimum Gasteiger partial charge on any atom is -0.454 e. The third-order valence-corrected chi connectivity index (χ3v) is 8.92. The normalized spacial score (nSPS) is 16.1. The molecule has 4 rings (SSSR count). The number of anilines is 1. The largest absolute Gasteiger partial charge is 0.454 e. The van der Waals surface area contributed by atoms with Gasteiger partial charge in [0.05, 0.1) is 11.4 Å². The Hall–Kier alpha value is -3.27. The van der Waals surface area contributed by atoms with Crippen LogP contribution in [0.25, 0.3) is 0 Å². The predicted molar refractivity (Wildman–Crippen MR) is 146 cm³/mol. The summed E-state index contributed by atoms with van der Waals surface area (Å²) in [6.45, 7) is 4.99. The van der Waals surface area contributed by atoms with Gasteiger partial charge in [0.15, 0.2) is 11.5 Å². The number of hydrogen-bond acceptors (Lipinski definition) is 6. The van der Waals surface area contributed by atoms with E-state index in [9.17, 15) is 18.0 Å². The molecule has 38 heavy (non-hydrogen) atoms. The molecule has 1 heterocycles. The van der Waals surface area contributed by atoms with Crippen LogP contribution in [-0.2, 0) is 26.2 Å². The Morgan fingerprint density at radius 1 is 1.05 bits per heavy atom. The molecule has 1 N–H and O–H groups in total. The van der Waals surface area contributed by atoms with Crippen molar-refractivity contribution in [2.24, 2.45) is 0 Å². The molecule has 1 fully saturated rings. The van der Waals surface area contributed by atoms with E-state index >= 15 is 0 Å². The van der Waals surface area contributed by atoms with E-state index in [4.69, 9.17) is 9.47 Å². The number of rotatable bonds is 10. The molecule has 0 aromatic heterocycles. The fraction of sp³-hybridized carbons (Fsp3) is 0.500. The van der Waals surface area contributed by atoms with Crippen LogP contribution in [0.3, 0.4) is 0 Å². The van der Waals surface area contributed by atoms with E-state index in [1.165, 1.54) is 18.2 Å². The van der Waals surface area contributed by atoms with Gasteiger partial charge in [-0.3, -0.25) is 13.9 Å². The lowest BCUT2D eigenvalue weighted by Gasteiger charge is -2.33. The predicted octanol–water partition coefficient (Wildman–Crippen LogP) is 3.75. The summed E-state index contributed by atoms with van der Waals surface area (Å²) < 4.78 is 38.1. The van der Waals surface area contributed by atoms with Crippen molar-refractivity contribution in [2.75, 3.05) is 23.4 Å². The summed E-state index contributed by atoms with van der Waals surface area (Å²) in [7, 11) is -3.82. The number of nitrogens with one attached hydrogen (secondary N) is 1. The van der Waals surface area contributed by atoms with E-state index in [2.05, 4.69) is 5.32 Å². The minimum atomic E-state index is -3.82. The number of amides is 2. The standard InChI is InChI=1S/C28H37N3O6S/c1-4-38(34,35)31(24-13-14-25-26(16-24)37-19-36-25)18-27(32)30(17-22-10-8-9-20(2)15-22)21(3)28(33)29-23-11-6-5-7-12-23/h8-10,13-16,21,23H,4-7,11-12,17-19H2,1-3H3,(H,29,33). The second-order valence-electron chi connectivity index (χ2n) is 9.97. The van der Waals surface area contributed by atoms with Crippen molar-refractivity contribution >= 4 is 27.5 Å². The van der Waals surface area contributed by atoms with Crippen LogP contribution < -0.4 is 19.1 Å². The Kier molecular flexibility index (Phi) is 8.81. The number of fused-ring (bicyclic) bond motifs is 1. The van der Waals surface area contributed by atoms with Gasteiger partial charge in [-0.1, -0.05) is 49.1 Å². The van der Waals surface area contributed by atoms with E-state index in [0.29, 0.717) is 17.2 Å². The van der Waals surface area contributed by atoms with Crippen LogP contribution in [0.2, 0.25) is 0 Å². The molecular weight excluding hydrogens is 506 g/mol. The molecule has 0 bridgehead atoms. The summed E-state index contributed by atoms with van der Waals surface area (Å²) in [6.07, 6.45) is 5.17. The SMILES string of the molecule is CCS(=O)(=O)N(CC(=O)N(Cc1cccc(C)c1)C(C)C(=O)NC1CCCCC1)c1ccc2c(c1)OCO2. The van der Waals surface area contributed by atoms with Gasteiger partial charge in [0.2, 0.25) is 28.6 Å². The van der Waals surface area contributed by atoms with Crippen molar-refractivity contribution < 1.29 is 27.5 Å². The van der Waals surface area contributed by atoms with Crippen LogP contribution in [0, 0.1) is 6.92 Å². The topological polar surface area (TPSA) is 105 Å². The van der Waals surface area contributed by atoms with Gasteiger partial charge in [-0.2, -0.15) is 0 Å². The van der Waals surface area contributed by atoms with Gasteiger partial charge in [0.1, 0.15) is 12.6 Å². The van der Waals surface area contributed by atoms with E-state index in [1.54, 1.807) is 25.1 Å². The molecule has 10 heteroatoms. The summed E-state index contributed by atoms with van der Waals surface area (Å²) >= 11 is 0. The molecule has 2 aromatic rings. The third kappa shape index (κ3) is 6.59. The number of carbonyl (C=O) groups is 2. The summed E-state index contributed by atoms with van der Waals surface area (Å²) in [4.78, 5) is 28.6. The lowest BCUT2D eigenvalue weighted by molar-refractivity contribution is -0.139. The molecule has 0 spiro atoms. The lowest BCUT2D eigenvalue weighted by Crippen LogP contribution is -2.53. The molecule has 2 aromatic carbocycles. The van der Waals surface area contributed by atoms with E-state index in [-0.39, 0.29) is 31.0 Å². The Morgan fingerprint density at radius 3 is 2.50 bits per heavy atom. The van der Waals surface area contributed by atoms with Gasteiger partial charge < -0.3 is 19.7 Å². The van der Waals surface area contributed by atoms with Gasteiger partial charge in [-0.05, 0) is 51.3 Å². The quantitative estimate of drug-likeness (QED) is 0.490. The number of nitrogens with zero attached hydrogens (tertiary/aromatic N) is 2. The Bertz CT molecular complexity index is 1260. The van der Waals surface area contributed by atoms with E-state index in [1.807, 2.05) is 31.2 Å². The second-order valence-corrected chi connectivity index (χ2v) is 12.2. The van der Waals surface area contributed by atoms with Gasteiger partial charge >= 0.3 is 0 Å². The molecule has 1 aliphatic carbocycles. The van der Waals surface area contributed by atoms with Gasteiger partial charge in [0, 0.05) is 18.7 Å². The molecule has 1 aliphatic heterocycles. The first-order valence-corrected chi connectivity index (χ1v) is 14.8. The average Bonchev–Trinajstić information content (AvgIpc) is 3.38. The summed E-state index contributed by atoms with van der Waals surface area (Å²) in [5.41, 5.74) is 2.20. The highest BCUT2D eigenvalue weighted by molar-refractivity contribution is 7.92. The molecule has 0 radical (unpaired) electrons. The number of hydrogen-bond donors (Lipinski definition) is 1. The maximum Gasteiger partial charge on any atom is 0.244 e. The van der Waals surface area contributed by atoms with Crippen LogP contribution in [0.1, 0.15) is 57.1 Å². The molecule has 0 saturated heterocycles. The molecule has 9 nitrogen and oxygen atoms in total. The molecule has 1 saturated carbocycles. The first kappa shape index (κ1) is 27.8. The number of aryl methyl sites for hydroxylation is 1. The van der Waals surface area contributed by atoms with E-state index < -0.39 is 28.5 Å². The molecule has 2 aliphatic rings. The number of benzene rings is 2. The van der Waals surface area contributed by atoms with Crippen LogP contribution in [0.4, 0.5) is 5.69 Å². The highest BCUT2D eigenvalue weighted by Gasteiger charge is 2.32. The first-order valence-electron chi connectivity index (χ1n) is 13.2. The van der Waals surface area contributed by atoms with Crippen molar-refractivity contribution in [1.82, 2.24) is 10.2 Å². The molecule has 1 atom stereocenters. The van der Waals surface area contributed by atoms with Crippen LogP contribution in [-0.4, -0.2) is 56.3 Å². The van der Waals surface area contributed by atoms with Crippen molar-refractivity contribution in [2.45, 2.75) is 71.5 Å². The second kappa shape index (κ2) is 12.1. The lowest BCUT2D eigenvalue weighted by atomic mass is 9.95. The Labute approximate surface area is 225 Å². The zero-order chi connectivity index (χ0) is 27.3. The van der Waals surface area contributed by atoms with E-state index in [0.717, 1.165) is 41.1 Å². The fourth-order valence-corrected chi connectivity index (χ4v) is 5.97. The summed E-state index contributed by atoms with van der Waals surface area (Å²) in [6, 6.07) is 11.8. The highest BCUT2D eigenvalue weighted by atomic mass is 32.2. The Balaban J connectivity index is 1.61. The first-order chi connectivity index (χ1) is 18.2. The zero-order valence-corrected chi connectivity index (χ0v) is 23.1.